The molecule has 2 heterocycles. The number of hydrogen-bond donors (Lipinski definition) is 0. The number of amides is 2. The van der Waals surface area contributed by atoms with Crippen molar-refractivity contribution >= 4 is 21.8 Å². The van der Waals surface area contributed by atoms with Crippen LogP contribution in [0.2, 0.25) is 0 Å². The molecule has 0 saturated carbocycles. The van der Waals surface area contributed by atoms with Gasteiger partial charge in [-0.1, -0.05) is 12.1 Å². The predicted molar refractivity (Wildman–Crippen MR) is 90.9 cm³/mol. The first-order valence-corrected chi connectivity index (χ1v) is 10.3. The molecular formula is C17H21FN2O5S. The number of fused-ring (bicyclic) bond motifs is 1. The molecule has 26 heavy (non-hydrogen) atoms. The number of hydrogen-bond acceptors (Lipinski definition) is 5. The zero-order valence-electron chi connectivity index (χ0n) is 14.4. The van der Waals surface area contributed by atoms with E-state index in [1.165, 1.54) is 17.0 Å². The Hall–Kier alpha value is -2.16. The second-order valence-corrected chi connectivity index (χ2v) is 8.58. The van der Waals surface area contributed by atoms with Crippen molar-refractivity contribution in [1.29, 1.82) is 0 Å². The first-order valence-electron chi connectivity index (χ1n) is 8.39. The molecule has 2 saturated heterocycles. The number of nitrogens with zero attached hydrogens (tertiary/aromatic N) is 2. The molecule has 2 fully saturated rings. The Kier molecular flexibility index (Phi) is 5.17. The van der Waals surface area contributed by atoms with Crippen LogP contribution >= 0.6 is 0 Å². The van der Waals surface area contributed by atoms with E-state index in [-0.39, 0.29) is 35.9 Å². The second-order valence-electron chi connectivity index (χ2n) is 6.56. The number of rotatable bonds is 5. The number of carbonyl (C=O) groups excluding carboxylic acids is 2. The highest BCUT2D eigenvalue weighted by atomic mass is 32.2. The van der Waals surface area contributed by atoms with Crippen LogP contribution in [0.3, 0.4) is 0 Å². The number of carbonyl (C=O) groups is 2. The highest BCUT2D eigenvalue weighted by Gasteiger charge is 2.48. The van der Waals surface area contributed by atoms with Crippen molar-refractivity contribution in [3.05, 3.63) is 29.8 Å². The smallest absolute Gasteiger partial charge is 0.410 e. The molecule has 2 aliphatic heterocycles. The average molecular weight is 384 g/mol. The minimum absolute atomic E-state index is 0.0600. The Labute approximate surface area is 151 Å². The SMILES string of the molecule is CS(=O)(=O)c1ccc(CN2C(=O)C[C@H]3[C@@H]2CCN3C(=O)OCCF)cc1. The predicted octanol–water partition coefficient (Wildman–Crippen LogP) is 1.37. The monoisotopic (exact) mass is 384 g/mol. The summed E-state index contributed by atoms with van der Waals surface area (Å²) in [4.78, 5) is 27.9. The summed E-state index contributed by atoms with van der Waals surface area (Å²) in [6.45, 7) is -0.187. The van der Waals surface area contributed by atoms with Crippen LogP contribution in [0.1, 0.15) is 18.4 Å². The largest absolute Gasteiger partial charge is 0.447 e. The lowest BCUT2D eigenvalue weighted by molar-refractivity contribution is -0.129. The van der Waals surface area contributed by atoms with E-state index in [0.29, 0.717) is 19.5 Å². The summed E-state index contributed by atoms with van der Waals surface area (Å²) in [5, 5.41) is 0. The fourth-order valence-electron chi connectivity index (χ4n) is 3.61. The zero-order valence-corrected chi connectivity index (χ0v) is 15.2. The lowest BCUT2D eigenvalue weighted by atomic mass is 10.1. The van der Waals surface area contributed by atoms with E-state index >= 15 is 0 Å². The first kappa shape index (κ1) is 18.6. The van der Waals surface area contributed by atoms with E-state index in [2.05, 4.69) is 0 Å². The normalized spacial score (nSPS) is 22.6. The van der Waals surface area contributed by atoms with E-state index in [0.717, 1.165) is 11.8 Å². The summed E-state index contributed by atoms with van der Waals surface area (Å²) < 4.78 is 40.1. The summed E-state index contributed by atoms with van der Waals surface area (Å²) in [6, 6.07) is 6.08. The van der Waals surface area contributed by atoms with Gasteiger partial charge in [-0.05, 0) is 24.1 Å². The molecule has 2 atom stereocenters. The van der Waals surface area contributed by atoms with Gasteiger partial charge in [-0.15, -0.1) is 0 Å². The molecule has 1 aromatic carbocycles. The Morgan fingerprint density at radius 1 is 1.27 bits per heavy atom. The van der Waals surface area contributed by atoms with E-state index in [1.807, 2.05) is 0 Å². The number of likely N-dealkylation sites (tertiary alicyclic amines) is 2. The van der Waals surface area contributed by atoms with E-state index in [1.54, 1.807) is 17.0 Å². The lowest BCUT2D eigenvalue weighted by Crippen LogP contribution is -2.40. The molecule has 7 nitrogen and oxygen atoms in total. The molecule has 0 aromatic heterocycles. The standard InChI is InChI=1S/C17H21FN2O5S/c1-26(23,24)13-4-2-12(3-5-13)11-20-14-6-8-19(15(14)10-16(20)21)17(22)25-9-7-18/h2-5,14-15H,6-11H2,1H3/t14-,15-/m0/s1. The maximum absolute atomic E-state index is 12.4. The van der Waals surface area contributed by atoms with E-state index in [9.17, 15) is 22.4 Å². The molecule has 142 valence electrons. The molecule has 2 amide bonds. The molecule has 0 spiro atoms. The molecule has 3 rings (SSSR count). The maximum Gasteiger partial charge on any atom is 0.410 e. The molecule has 0 bridgehead atoms. The topological polar surface area (TPSA) is 84.0 Å². The molecule has 1 aromatic rings. The molecule has 9 heteroatoms. The van der Waals surface area contributed by atoms with E-state index in [4.69, 9.17) is 4.74 Å². The molecule has 2 aliphatic rings. The zero-order chi connectivity index (χ0) is 18.9. The van der Waals surface area contributed by atoms with Gasteiger partial charge in [-0.3, -0.25) is 4.79 Å². The van der Waals surface area contributed by atoms with Crippen LogP contribution in [-0.2, 0) is 25.9 Å². The van der Waals surface area contributed by atoms with Crippen LogP contribution in [0.4, 0.5) is 9.18 Å². The number of halogens is 1. The van der Waals surface area contributed by atoms with Crippen LogP contribution in [0, 0.1) is 0 Å². The summed E-state index contributed by atoms with van der Waals surface area (Å²) in [5.74, 6) is -0.0600. The molecular weight excluding hydrogens is 363 g/mol. The van der Waals surface area contributed by atoms with Crippen LogP contribution < -0.4 is 0 Å². The van der Waals surface area contributed by atoms with Gasteiger partial charge in [0, 0.05) is 25.8 Å². The van der Waals surface area contributed by atoms with Crippen molar-refractivity contribution in [3.63, 3.8) is 0 Å². The number of alkyl halides is 1. The Morgan fingerprint density at radius 2 is 1.96 bits per heavy atom. The Balaban J connectivity index is 1.69. The average Bonchev–Trinajstić information content (AvgIpc) is 3.12. The third-order valence-electron chi connectivity index (χ3n) is 4.86. The maximum atomic E-state index is 12.4. The Morgan fingerprint density at radius 3 is 2.58 bits per heavy atom. The van der Waals surface area contributed by atoms with Gasteiger partial charge in [0.25, 0.3) is 0 Å². The van der Waals surface area contributed by atoms with Crippen LogP contribution in [0.25, 0.3) is 0 Å². The summed E-state index contributed by atoms with van der Waals surface area (Å²) >= 11 is 0. The molecule has 0 N–H and O–H groups in total. The number of ether oxygens (including phenoxy) is 1. The summed E-state index contributed by atoms with van der Waals surface area (Å²) in [5.41, 5.74) is 0.824. The highest BCUT2D eigenvalue weighted by Crippen LogP contribution is 2.34. The third kappa shape index (κ3) is 3.67. The minimum atomic E-state index is -3.26. The second kappa shape index (κ2) is 7.22. The van der Waals surface area contributed by atoms with Gasteiger partial charge in [0.1, 0.15) is 13.3 Å². The third-order valence-corrected chi connectivity index (χ3v) is 5.98. The van der Waals surface area contributed by atoms with Crippen molar-refractivity contribution < 1.29 is 27.1 Å². The van der Waals surface area contributed by atoms with Gasteiger partial charge < -0.3 is 14.5 Å². The number of sulfone groups is 1. The van der Waals surface area contributed by atoms with Crippen molar-refractivity contribution in [1.82, 2.24) is 9.80 Å². The quantitative estimate of drug-likeness (QED) is 0.766. The van der Waals surface area contributed by atoms with Gasteiger partial charge in [-0.2, -0.15) is 0 Å². The molecule has 0 radical (unpaired) electrons. The highest BCUT2D eigenvalue weighted by molar-refractivity contribution is 7.90. The van der Waals surface area contributed by atoms with Crippen LogP contribution in [0.5, 0.6) is 0 Å². The van der Waals surface area contributed by atoms with Crippen molar-refractivity contribution in [2.75, 3.05) is 26.1 Å². The van der Waals surface area contributed by atoms with Crippen molar-refractivity contribution in [3.8, 4) is 0 Å². The minimum Gasteiger partial charge on any atom is -0.447 e. The lowest BCUT2D eigenvalue weighted by Gasteiger charge is -2.25. The summed E-state index contributed by atoms with van der Waals surface area (Å²) in [6.07, 6.45) is 1.42. The van der Waals surface area contributed by atoms with Gasteiger partial charge in [-0.25, -0.2) is 17.6 Å². The summed E-state index contributed by atoms with van der Waals surface area (Å²) in [7, 11) is -3.26. The Bertz CT molecular complexity index is 796. The van der Waals surface area contributed by atoms with Gasteiger partial charge in [0.15, 0.2) is 9.84 Å². The van der Waals surface area contributed by atoms with Gasteiger partial charge in [0.2, 0.25) is 5.91 Å². The first-order chi connectivity index (χ1) is 12.3. The van der Waals surface area contributed by atoms with Crippen LogP contribution in [-0.4, -0.2) is 68.4 Å². The van der Waals surface area contributed by atoms with Gasteiger partial charge in [0.05, 0.1) is 17.0 Å². The fourth-order valence-corrected chi connectivity index (χ4v) is 4.24. The number of benzene rings is 1. The van der Waals surface area contributed by atoms with Crippen molar-refractivity contribution in [2.45, 2.75) is 36.4 Å². The van der Waals surface area contributed by atoms with E-state index < -0.39 is 22.6 Å². The molecule has 0 aliphatic carbocycles. The van der Waals surface area contributed by atoms with Gasteiger partial charge >= 0.3 is 6.09 Å². The fraction of sp³-hybridized carbons (Fsp3) is 0.529. The molecule has 0 unspecified atom stereocenters. The van der Waals surface area contributed by atoms with Crippen molar-refractivity contribution in [2.24, 2.45) is 0 Å². The van der Waals surface area contributed by atoms with Crippen LogP contribution in [0.15, 0.2) is 29.2 Å².